The van der Waals surface area contributed by atoms with Crippen LogP contribution in [0.15, 0.2) is 199 Å². The Kier molecular flexibility index (Phi) is 7.42. The van der Waals surface area contributed by atoms with E-state index in [0.717, 1.165) is 72.0 Å². The van der Waals surface area contributed by atoms with Gasteiger partial charge in [-0.3, -0.25) is 0 Å². The van der Waals surface area contributed by atoms with Crippen LogP contribution >= 0.6 is 0 Å². The number of aromatic nitrogens is 4. The smallest absolute Gasteiger partial charge is 0.164 e. The van der Waals surface area contributed by atoms with E-state index >= 15 is 0 Å². The van der Waals surface area contributed by atoms with Crippen molar-refractivity contribution in [3.05, 3.63) is 194 Å². The van der Waals surface area contributed by atoms with Crippen molar-refractivity contribution in [2.45, 2.75) is 0 Å². The fourth-order valence-corrected chi connectivity index (χ4v) is 7.94. The first-order chi connectivity index (χ1) is 27.7. The highest BCUT2D eigenvalue weighted by molar-refractivity contribution is 6.11. The summed E-state index contributed by atoms with van der Waals surface area (Å²) in [6.45, 7) is 0. The van der Waals surface area contributed by atoms with Crippen molar-refractivity contribution in [3.63, 3.8) is 0 Å². The molecule has 0 saturated heterocycles. The van der Waals surface area contributed by atoms with Crippen LogP contribution in [0.1, 0.15) is 0 Å². The molecule has 0 aliphatic rings. The first kappa shape index (κ1) is 31.9. The van der Waals surface area contributed by atoms with Gasteiger partial charge < -0.3 is 8.98 Å². The highest BCUT2D eigenvalue weighted by Gasteiger charge is 2.16. The molecule has 3 aromatic heterocycles. The average molecular weight is 717 g/mol. The number of benzene rings is 8. The summed E-state index contributed by atoms with van der Waals surface area (Å²) in [5.41, 5.74) is 12.6. The molecule has 56 heavy (non-hydrogen) atoms. The Bertz CT molecular complexity index is 3200. The third-order valence-electron chi connectivity index (χ3n) is 10.6. The quantitative estimate of drug-likeness (QED) is 0.172. The molecular weight excluding hydrogens is 685 g/mol. The topological polar surface area (TPSA) is 56.7 Å². The van der Waals surface area contributed by atoms with E-state index in [-0.39, 0.29) is 0 Å². The summed E-state index contributed by atoms with van der Waals surface area (Å²) in [4.78, 5) is 14.9. The van der Waals surface area contributed by atoms with Crippen LogP contribution in [0.25, 0.3) is 106 Å². The van der Waals surface area contributed by atoms with Gasteiger partial charge >= 0.3 is 0 Å². The van der Waals surface area contributed by atoms with E-state index in [0.29, 0.717) is 17.5 Å². The zero-order chi connectivity index (χ0) is 37.0. The van der Waals surface area contributed by atoms with Gasteiger partial charge in [-0.1, -0.05) is 140 Å². The highest BCUT2D eigenvalue weighted by atomic mass is 16.3. The van der Waals surface area contributed by atoms with Crippen LogP contribution < -0.4 is 0 Å². The molecule has 0 aliphatic heterocycles. The predicted octanol–water partition coefficient (Wildman–Crippen LogP) is 13.2. The van der Waals surface area contributed by atoms with Crippen molar-refractivity contribution in [1.29, 1.82) is 0 Å². The maximum atomic E-state index is 6.12. The Hall–Kier alpha value is -7.63. The van der Waals surface area contributed by atoms with E-state index in [4.69, 9.17) is 19.4 Å². The molecule has 0 N–H and O–H groups in total. The lowest BCUT2D eigenvalue weighted by Crippen LogP contribution is -2.00. The van der Waals surface area contributed by atoms with Crippen molar-refractivity contribution < 1.29 is 4.42 Å². The Labute approximate surface area is 322 Å². The van der Waals surface area contributed by atoms with Crippen LogP contribution in [-0.4, -0.2) is 19.5 Å². The molecule has 0 amide bonds. The third kappa shape index (κ3) is 5.45. The molecule has 0 atom stereocenters. The summed E-state index contributed by atoms with van der Waals surface area (Å²) < 4.78 is 8.50. The molecule has 11 aromatic rings. The monoisotopic (exact) mass is 716 g/mol. The maximum absolute atomic E-state index is 6.12. The zero-order valence-electron chi connectivity index (χ0n) is 30.2. The van der Waals surface area contributed by atoms with Gasteiger partial charge in [-0.2, -0.15) is 0 Å². The Balaban J connectivity index is 1.00. The number of furan rings is 1. The minimum atomic E-state index is 0.633. The normalized spacial score (nSPS) is 11.6. The van der Waals surface area contributed by atoms with Crippen molar-refractivity contribution in [2.75, 3.05) is 0 Å². The van der Waals surface area contributed by atoms with Crippen LogP contribution in [0.2, 0.25) is 0 Å². The summed E-state index contributed by atoms with van der Waals surface area (Å²) in [6, 6.07) is 67.6. The van der Waals surface area contributed by atoms with Crippen molar-refractivity contribution >= 4 is 43.7 Å². The number of nitrogens with zero attached hydrogens (tertiary/aromatic N) is 4. The van der Waals surface area contributed by atoms with Crippen LogP contribution in [0, 0.1) is 0 Å². The molecule has 262 valence electrons. The molecule has 5 heteroatoms. The van der Waals surface area contributed by atoms with E-state index < -0.39 is 0 Å². The first-order valence-corrected chi connectivity index (χ1v) is 18.8. The summed E-state index contributed by atoms with van der Waals surface area (Å²) >= 11 is 0. The van der Waals surface area contributed by atoms with Crippen LogP contribution in [0.3, 0.4) is 0 Å². The van der Waals surface area contributed by atoms with E-state index in [9.17, 15) is 0 Å². The Morgan fingerprint density at radius 2 is 0.804 bits per heavy atom. The Morgan fingerprint density at radius 3 is 1.55 bits per heavy atom. The zero-order valence-corrected chi connectivity index (χ0v) is 30.2. The summed E-state index contributed by atoms with van der Waals surface area (Å²) in [6.07, 6.45) is 0. The molecule has 3 heterocycles. The second-order valence-electron chi connectivity index (χ2n) is 14.1. The van der Waals surface area contributed by atoms with Crippen LogP contribution in [-0.2, 0) is 0 Å². The van der Waals surface area contributed by atoms with Gasteiger partial charge in [0.15, 0.2) is 17.5 Å². The molecule has 0 saturated carbocycles. The molecule has 0 radical (unpaired) electrons. The number of rotatable bonds is 6. The van der Waals surface area contributed by atoms with Gasteiger partial charge in [-0.05, 0) is 76.9 Å². The van der Waals surface area contributed by atoms with E-state index in [2.05, 4.69) is 126 Å². The fraction of sp³-hybridized carbons (Fsp3) is 0. The van der Waals surface area contributed by atoms with E-state index in [1.54, 1.807) is 0 Å². The van der Waals surface area contributed by atoms with Gasteiger partial charge in [-0.15, -0.1) is 0 Å². The summed E-state index contributed by atoms with van der Waals surface area (Å²) in [5.74, 6) is 1.92. The molecule has 0 unspecified atom stereocenters. The first-order valence-electron chi connectivity index (χ1n) is 18.8. The summed E-state index contributed by atoms with van der Waals surface area (Å²) in [5, 5.41) is 4.69. The minimum Gasteiger partial charge on any atom is -0.456 e. The van der Waals surface area contributed by atoms with Gasteiger partial charge in [0, 0.05) is 43.9 Å². The van der Waals surface area contributed by atoms with E-state index in [1.165, 1.54) is 16.3 Å². The molecule has 0 bridgehead atoms. The third-order valence-corrected chi connectivity index (χ3v) is 10.6. The van der Waals surface area contributed by atoms with E-state index in [1.807, 2.05) is 72.8 Å². The standard InChI is InChI=1S/C51H32N4O/c1-3-13-33(14-4-1)49-52-50(34-15-5-2-6-16-34)54-51(53-49)39-19-11-17-35(29-39)36-18-12-20-40(30-36)55-45-23-9-7-21-41(45)43-31-37(25-27-46(43)55)38-26-28-48-44(32-38)42-22-8-10-24-47(42)56-48/h1-32H. The Morgan fingerprint density at radius 1 is 0.304 bits per heavy atom. The fourth-order valence-electron chi connectivity index (χ4n) is 7.94. The van der Waals surface area contributed by atoms with Crippen LogP contribution in [0.4, 0.5) is 0 Å². The molecular formula is C51H32N4O. The van der Waals surface area contributed by atoms with Gasteiger partial charge in [0.05, 0.1) is 11.0 Å². The molecule has 0 spiro atoms. The molecule has 0 aliphatic carbocycles. The SMILES string of the molecule is c1ccc(-c2nc(-c3ccccc3)nc(-c3cccc(-c4cccc(-n5c6ccccc6c6cc(-c7ccc8oc9ccccc9c8c7)ccc65)c4)c3)n2)cc1. The molecule has 8 aromatic carbocycles. The largest absolute Gasteiger partial charge is 0.456 e. The van der Waals surface area contributed by atoms with Gasteiger partial charge in [0.2, 0.25) is 0 Å². The number of para-hydroxylation sites is 2. The number of fused-ring (bicyclic) bond motifs is 6. The average Bonchev–Trinajstić information content (AvgIpc) is 3.82. The van der Waals surface area contributed by atoms with Gasteiger partial charge in [0.1, 0.15) is 11.2 Å². The lowest BCUT2D eigenvalue weighted by Gasteiger charge is -2.12. The number of hydrogen-bond acceptors (Lipinski definition) is 4. The maximum Gasteiger partial charge on any atom is 0.164 e. The van der Waals surface area contributed by atoms with Crippen molar-refractivity contribution in [3.8, 4) is 62.1 Å². The minimum absolute atomic E-state index is 0.633. The van der Waals surface area contributed by atoms with Crippen molar-refractivity contribution in [1.82, 2.24) is 19.5 Å². The molecule has 11 rings (SSSR count). The second kappa shape index (κ2) is 13.0. The van der Waals surface area contributed by atoms with Crippen LogP contribution in [0.5, 0.6) is 0 Å². The van der Waals surface area contributed by atoms with Gasteiger partial charge in [0.25, 0.3) is 0 Å². The lowest BCUT2D eigenvalue weighted by atomic mass is 10.0. The van der Waals surface area contributed by atoms with Gasteiger partial charge in [-0.25, -0.2) is 15.0 Å². The predicted molar refractivity (Wildman–Crippen MR) is 229 cm³/mol. The summed E-state index contributed by atoms with van der Waals surface area (Å²) in [7, 11) is 0. The molecule has 0 fully saturated rings. The lowest BCUT2D eigenvalue weighted by molar-refractivity contribution is 0.669. The highest BCUT2D eigenvalue weighted by Crippen LogP contribution is 2.38. The molecule has 5 nitrogen and oxygen atoms in total. The second-order valence-corrected chi connectivity index (χ2v) is 14.1. The number of hydrogen-bond donors (Lipinski definition) is 0. The van der Waals surface area contributed by atoms with Crippen molar-refractivity contribution in [2.24, 2.45) is 0 Å².